The number of carbonyl (C=O) groups is 1. The summed E-state index contributed by atoms with van der Waals surface area (Å²) in [5.41, 5.74) is 0.743. The van der Waals surface area contributed by atoms with Gasteiger partial charge in [-0.05, 0) is 17.7 Å². The van der Waals surface area contributed by atoms with Crippen LogP contribution in [0.25, 0.3) is 0 Å². The SMILES string of the molecule is COc1ccc(CNCC(C(=O)O)C(F)(F)F)cc1. The lowest BCUT2D eigenvalue weighted by molar-refractivity contribution is -0.192. The summed E-state index contributed by atoms with van der Waals surface area (Å²) in [7, 11) is 1.51. The summed E-state index contributed by atoms with van der Waals surface area (Å²) in [5, 5.41) is 11.0. The van der Waals surface area contributed by atoms with Crippen molar-refractivity contribution >= 4 is 5.97 Å². The van der Waals surface area contributed by atoms with Gasteiger partial charge in [0.25, 0.3) is 0 Å². The molecule has 0 amide bonds. The van der Waals surface area contributed by atoms with Gasteiger partial charge < -0.3 is 15.2 Å². The number of carboxylic acids is 1. The molecule has 1 aromatic rings. The quantitative estimate of drug-likeness (QED) is 0.835. The molecule has 1 unspecified atom stereocenters. The molecule has 0 spiro atoms. The number of hydrogen-bond acceptors (Lipinski definition) is 3. The van der Waals surface area contributed by atoms with E-state index in [-0.39, 0.29) is 6.54 Å². The molecule has 106 valence electrons. The van der Waals surface area contributed by atoms with Crippen LogP contribution in [0.1, 0.15) is 5.56 Å². The number of benzene rings is 1. The molecule has 1 aromatic carbocycles. The van der Waals surface area contributed by atoms with Gasteiger partial charge in [0.2, 0.25) is 0 Å². The fourth-order valence-corrected chi connectivity index (χ4v) is 1.45. The first-order valence-electron chi connectivity index (χ1n) is 5.47. The third-order valence-corrected chi connectivity index (χ3v) is 2.53. The van der Waals surface area contributed by atoms with Gasteiger partial charge in [0.05, 0.1) is 7.11 Å². The smallest absolute Gasteiger partial charge is 0.403 e. The van der Waals surface area contributed by atoms with Gasteiger partial charge >= 0.3 is 12.1 Å². The Hall–Kier alpha value is -1.76. The first-order valence-corrected chi connectivity index (χ1v) is 5.47. The minimum absolute atomic E-state index is 0.157. The summed E-state index contributed by atoms with van der Waals surface area (Å²) in [6, 6.07) is 6.73. The van der Waals surface area contributed by atoms with Gasteiger partial charge in [-0.25, -0.2) is 0 Å². The van der Waals surface area contributed by atoms with E-state index in [9.17, 15) is 18.0 Å². The number of ether oxygens (including phenoxy) is 1. The minimum atomic E-state index is -4.75. The number of alkyl halides is 3. The van der Waals surface area contributed by atoms with Gasteiger partial charge in [0.1, 0.15) is 5.75 Å². The summed E-state index contributed by atoms with van der Waals surface area (Å²) in [4.78, 5) is 10.5. The van der Waals surface area contributed by atoms with Crippen molar-refractivity contribution in [1.82, 2.24) is 5.32 Å². The molecule has 0 aliphatic rings. The summed E-state index contributed by atoms with van der Waals surface area (Å²) in [5.74, 6) is -3.64. The van der Waals surface area contributed by atoms with Crippen LogP contribution >= 0.6 is 0 Å². The summed E-state index contributed by atoms with van der Waals surface area (Å²) in [6.07, 6.45) is -4.75. The molecule has 19 heavy (non-hydrogen) atoms. The van der Waals surface area contributed by atoms with Gasteiger partial charge in [-0.2, -0.15) is 13.2 Å². The van der Waals surface area contributed by atoms with Crippen molar-refractivity contribution in [3.63, 3.8) is 0 Å². The largest absolute Gasteiger partial charge is 0.497 e. The maximum Gasteiger partial charge on any atom is 0.403 e. The number of aliphatic carboxylic acids is 1. The predicted octanol–water partition coefficient (Wildman–Crippen LogP) is 2.05. The highest BCUT2D eigenvalue weighted by Crippen LogP contribution is 2.25. The van der Waals surface area contributed by atoms with Crippen LogP contribution in [-0.4, -0.2) is 30.9 Å². The Morgan fingerprint density at radius 2 is 1.95 bits per heavy atom. The molecule has 7 heteroatoms. The second-order valence-corrected chi connectivity index (χ2v) is 3.91. The van der Waals surface area contributed by atoms with Crippen molar-refractivity contribution in [3.8, 4) is 5.75 Å². The maximum absolute atomic E-state index is 12.4. The normalized spacial score (nSPS) is 13.1. The molecule has 1 atom stereocenters. The average Bonchev–Trinajstić information content (AvgIpc) is 2.33. The lowest BCUT2D eigenvalue weighted by Crippen LogP contribution is -2.38. The molecule has 0 fully saturated rings. The monoisotopic (exact) mass is 277 g/mol. The van der Waals surface area contributed by atoms with Gasteiger partial charge in [-0.3, -0.25) is 4.79 Å². The molecule has 0 saturated carbocycles. The molecule has 2 N–H and O–H groups in total. The summed E-state index contributed by atoms with van der Waals surface area (Å²) in [6.45, 7) is -0.505. The van der Waals surface area contributed by atoms with Crippen molar-refractivity contribution in [1.29, 1.82) is 0 Å². The zero-order chi connectivity index (χ0) is 14.5. The van der Waals surface area contributed by atoms with Gasteiger partial charge in [-0.1, -0.05) is 12.1 Å². The summed E-state index contributed by atoms with van der Waals surface area (Å²) >= 11 is 0. The lowest BCUT2D eigenvalue weighted by Gasteiger charge is -2.16. The van der Waals surface area contributed by atoms with E-state index < -0.39 is 24.6 Å². The van der Waals surface area contributed by atoms with E-state index in [0.717, 1.165) is 5.56 Å². The van der Waals surface area contributed by atoms with Crippen molar-refractivity contribution in [2.24, 2.45) is 5.92 Å². The van der Waals surface area contributed by atoms with E-state index in [4.69, 9.17) is 9.84 Å². The van der Waals surface area contributed by atoms with Gasteiger partial charge in [-0.15, -0.1) is 0 Å². The van der Waals surface area contributed by atoms with Crippen LogP contribution in [0.5, 0.6) is 5.75 Å². The molecule has 0 bridgehead atoms. The number of nitrogens with one attached hydrogen (secondary N) is 1. The van der Waals surface area contributed by atoms with Gasteiger partial charge in [0, 0.05) is 13.1 Å². The zero-order valence-corrected chi connectivity index (χ0v) is 10.2. The third kappa shape index (κ3) is 4.78. The second-order valence-electron chi connectivity index (χ2n) is 3.91. The van der Waals surface area contributed by atoms with Crippen molar-refractivity contribution < 1.29 is 27.8 Å². The van der Waals surface area contributed by atoms with Crippen LogP contribution in [0.4, 0.5) is 13.2 Å². The summed E-state index contributed by atoms with van der Waals surface area (Å²) < 4.78 is 42.0. The number of carboxylic acid groups (broad SMARTS) is 1. The van der Waals surface area contributed by atoms with Crippen LogP contribution in [0.2, 0.25) is 0 Å². The minimum Gasteiger partial charge on any atom is -0.497 e. The fraction of sp³-hybridized carbons (Fsp3) is 0.417. The van der Waals surface area contributed by atoms with E-state index in [0.29, 0.717) is 5.75 Å². The number of halogens is 3. The number of rotatable bonds is 6. The molecule has 0 saturated heterocycles. The fourth-order valence-electron chi connectivity index (χ4n) is 1.45. The van der Waals surface area contributed by atoms with Gasteiger partial charge in [0.15, 0.2) is 5.92 Å². The number of hydrogen-bond donors (Lipinski definition) is 2. The average molecular weight is 277 g/mol. The molecular weight excluding hydrogens is 263 g/mol. The topological polar surface area (TPSA) is 58.6 Å². The molecular formula is C12H14F3NO3. The standard InChI is InChI=1S/C12H14F3NO3/c1-19-9-4-2-8(3-5-9)6-16-7-10(11(17)18)12(13,14)15/h2-5,10,16H,6-7H2,1H3,(H,17,18). The molecule has 0 aliphatic heterocycles. The molecule has 0 aliphatic carbocycles. The highest BCUT2D eigenvalue weighted by Gasteiger charge is 2.44. The van der Waals surface area contributed by atoms with Crippen molar-refractivity contribution in [2.45, 2.75) is 12.7 Å². The highest BCUT2D eigenvalue weighted by atomic mass is 19.4. The first-order chi connectivity index (χ1) is 8.84. The van der Waals surface area contributed by atoms with Crippen LogP contribution < -0.4 is 10.1 Å². The van der Waals surface area contributed by atoms with E-state index >= 15 is 0 Å². The predicted molar refractivity (Wildman–Crippen MR) is 61.9 cm³/mol. The van der Waals surface area contributed by atoms with Crippen LogP contribution in [0.15, 0.2) is 24.3 Å². The zero-order valence-electron chi connectivity index (χ0n) is 10.2. The third-order valence-electron chi connectivity index (χ3n) is 2.53. The molecule has 0 radical (unpaired) electrons. The maximum atomic E-state index is 12.4. The molecule has 0 heterocycles. The first kappa shape index (κ1) is 15.3. The van der Waals surface area contributed by atoms with E-state index in [1.807, 2.05) is 0 Å². The van der Waals surface area contributed by atoms with E-state index in [2.05, 4.69) is 5.32 Å². The highest BCUT2D eigenvalue weighted by molar-refractivity contribution is 5.71. The van der Waals surface area contributed by atoms with E-state index in [1.54, 1.807) is 24.3 Å². The molecule has 0 aromatic heterocycles. The van der Waals surface area contributed by atoms with Crippen LogP contribution in [-0.2, 0) is 11.3 Å². The lowest BCUT2D eigenvalue weighted by atomic mass is 10.1. The molecule has 4 nitrogen and oxygen atoms in total. The Balaban J connectivity index is 2.50. The number of methoxy groups -OCH3 is 1. The Morgan fingerprint density at radius 3 is 2.37 bits per heavy atom. The second kappa shape index (κ2) is 6.42. The Bertz CT molecular complexity index is 417. The van der Waals surface area contributed by atoms with Crippen LogP contribution in [0.3, 0.4) is 0 Å². The van der Waals surface area contributed by atoms with E-state index in [1.165, 1.54) is 7.11 Å². The Labute approximate surface area is 108 Å². The van der Waals surface area contributed by atoms with Crippen molar-refractivity contribution in [2.75, 3.05) is 13.7 Å². The molecule has 1 rings (SSSR count). The van der Waals surface area contributed by atoms with Crippen LogP contribution in [0, 0.1) is 5.92 Å². The Morgan fingerprint density at radius 1 is 1.37 bits per heavy atom. The Kier molecular flexibility index (Phi) is 5.17. The van der Waals surface area contributed by atoms with Crippen molar-refractivity contribution in [3.05, 3.63) is 29.8 Å².